The Morgan fingerprint density at radius 1 is 1.24 bits per heavy atom. The van der Waals surface area contributed by atoms with Crippen molar-refractivity contribution in [3.63, 3.8) is 0 Å². The number of aromatic nitrogens is 3. The van der Waals surface area contributed by atoms with Crippen LogP contribution in [0.15, 0.2) is 52.4 Å². The molecule has 0 aliphatic carbocycles. The Morgan fingerprint density at radius 2 is 2.03 bits per heavy atom. The van der Waals surface area contributed by atoms with Crippen LogP contribution in [0.25, 0.3) is 0 Å². The quantitative estimate of drug-likeness (QED) is 0.472. The van der Waals surface area contributed by atoms with E-state index < -0.39 is 5.56 Å². The van der Waals surface area contributed by atoms with Gasteiger partial charge in [-0.25, -0.2) is 4.39 Å². The normalized spacial score (nSPS) is 11.0. The third-order valence-corrected chi connectivity index (χ3v) is 4.21. The lowest BCUT2D eigenvalue weighted by Gasteiger charge is -2.13. The standard InChI is InChI=1S/C20H19FN4O3S/c1-3-27-18-10-14(11-22-25-19(26)13(2)23-24-20(25)29)8-9-17(18)28-12-15-6-4-5-7-16(15)21/h4-11H,3,12H2,1-2H3,(H,24,29)/b22-11-. The molecule has 1 heterocycles. The maximum absolute atomic E-state index is 13.8. The first-order chi connectivity index (χ1) is 14.0. The maximum Gasteiger partial charge on any atom is 0.296 e. The molecule has 7 nitrogen and oxygen atoms in total. The molecule has 0 saturated carbocycles. The first-order valence-corrected chi connectivity index (χ1v) is 9.26. The minimum atomic E-state index is -0.403. The maximum atomic E-state index is 13.8. The van der Waals surface area contributed by atoms with E-state index in [0.29, 0.717) is 29.2 Å². The summed E-state index contributed by atoms with van der Waals surface area (Å²) in [7, 11) is 0. The van der Waals surface area contributed by atoms with E-state index in [9.17, 15) is 9.18 Å². The van der Waals surface area contributed by atoms with Crippen LogP contribution in [-0.4, -0.2) is 27.7 Å². The zero-order valence-electron chi connectivity index (χ0n) is 15.9. The highest BCUT2D eigenvalue weighted by molar-refractivity contribution is 7.71. The van der Waals surface area contributed by atoms with E-state index in [1.165, 1.54) is 12.3 Å². The van der Waals surface area contributed by atoms with Gasteiger partial charge in [0.1, 0.15) is 18.1 Å². The molecule has 0 saturated heterocycles. The van der Waals surface area contributed by atoms with Crippen molar-refractivity contribution in [3.05, 3.63) is 80.2 Å². The van der Waals surface area contributed by atoms with Crippen LogP contribution in [0.2, 0.25) is 0 Å². The second kappa shape index (κ2) is 9.24. The Kier molecular flexibility index (Phi) is 6.50. The van der Waals surface area contributed by atoms with Crippen molar-refractivity contribution in [1.29, 1.82) is 0 Å². The summed E-state index contributed by atoms with van der Waals surface area (Å²) in [6.07, 6.45) is 1.48. The molecule has 2 aromatic carbocycles. The number of rotatable bonds is 7. The first-order valence-electron chi connectivity index (χ1n) is 8.85. The van der Waals surface area contributed by atoms with E-state index in [4.69, 9.17) is 21.7 Å². The van der Waals surface area contributed by atoms with Crippen molar-refractivity contribution in [3.8, 4) is 11.5 Å². The summed E-state index contributed by atoms with van der Waals surface area (Å²) in [6, 6.07) is 11.6. The van der Waals surface area contributed by atoms with Crippen LogP contribution in [0.3, 0.4) is 0 Å². The molecule has 0 atom stereocenters. The van der Waals surface area contributed by atoms with Gasteiger partial charge >= 0.3 is 0 Å². The summed E-state index contributed by atoms with van der Waals surface area (Å²) in [6.45, 7) is 3.90. The molecule has 29 heavy (non-hydrogen) atoms. The molecule has 0 unspecified atom stereocenters. The van der Waals surface area contributed by atoms with Crippen LogP contribution in [0, 0.1) is 17.5 Å². The van der Waals surface area contributed by atoms with Crippen LogP contribution < -0.4 is 15.0 Å². The molecule has 1 N–H and O–H groups in total. The lowest BCUT2D eigenvalue weighted by molar-refractivity contribution is 0.266. The molecule has 0 aliphatic rings. The monoisotopic (exact) mass is 414 g/mol. The minimum absolute atomic E-state index is 0.0705. The fourth-order valence-corrected chi connectivity index (χ4v) is 2.64. The summed E-state index contributed by atoms with van der Waals surface area (Å²) >= 11 is 5.05. The van der Waals surface area contributed by atoms with Gasteiger partial charge < -0.3 is 9.47 Å². The van der Waals surface area contributed by atoms with Crippen LogP contribution >= 0.6 is 12.2 Å². The molecule has 9 heteroatoms. The van der Waals surface area contributed by atoms with Crippen molar-refractivity contribution < 1.29 is 13.9 Å². The number of nitrogens with zero attached hydrogens (tertiary/aromatic N) is 3. The number of benzene rings is 2. The van der Waals surface area contributed by atoms with E-state index >= 15 is 0 Å². The molecule has 3 rings (SSSR count). The Morgan fingerprint density at radius 3 is 2.79 bits per heavy atom. The lowest BCUT2D eigenvalue weighted by Crippen LogP contribution is -2.22. The first kappa shape index (κ1) is 20.4. The number of halogens is 1. The third-order valence-electron chi connectivity index (χ3n) is 3.94. The van der Waals surface area contributed by atoms with Gasteiger partial charge in [-0.15, -0.1) is 0 Å². The predicted molar refractivity (Wildman–Crippen MR) is 110 cm³/mol. The van der Waals surface area contributed by atoms with E-state index in [2.05, 4.69) is 15.3 Å². The summed E-state index contributed by atoms with van der Waals surface area (Å²) in [5, 5.41) is 10.5. The molecular weight excluding hydrogens is 395 g/mol. The third kappa shape index (κ3) is 4.94. The fourth-order valence-electron chi connectivity index (χ4n) is 2.47. The molecule has 0 fully saturated rings. The number of hydrogen-bond donors (Lipinski definition) is 1. The number of aryl methyl sites for hydroxylation is 1. The topological polar surface area (TPSA) is 81.5 Å². The number of nitrogens with one attached hydrogen (secondary N) is 1. The molecule has 0 radical (unpaired) electrons. The van der Waals surface area contributed by atoms with E-state index in [-0.39, 0.29) is 22.9 Å². The van der Waals surface area contributed by atoms with Gasteiger partial charge in [0, 0.05) is 5.56 Å². The van der Waals surface area contributed by atoms with E-state index in [0.717, 1.165) is 4.68 Å². The van der Waals surface area contributed by atoms with Crippen molar-refractivity contribution >= 4 is 18.4 Å². The average Bonchev–Trinajstić information content (AvgIpc) is 2.71. The molecule has 3 aromatic rings. The average molecular weight is 414 g/mol. The zero-order chi connectivity index (χ0) is 20.8. The van der Waals surface area contributed by atoms with Gasteiger partial charge in [-0.2, -0.15) is 14.9 Å². The highest BCUT2D eigenvalue weighted by Crippen LogP contribution is 2.29. The largest absolute Gasteiger partial charge is 0.490 e. The lowest BCUT2D eigenvalue weighted by atomic mass is 10.2. The number of aromatic amines is 1. The molecule has 0 amide bonds. The van der Waals surface area contributed by atoms with Gasteiger partial charge in [0.2, 0.25) is 4.77 Å². The van der Waals surface area contributed by atoms with Gasteiger partial charge in [0.05, 0.1) is 12.8 Å². The fraction of sp³-hybridized carbons (Fsp3) is 0.200. The Hall–Kier alpha value is -3.33. The Bertz CT molecular complexity index is 1160. The highest BCUT2D eigenvalue weighted by Gasteiger charge is 2.09. The van der Waals surface area contributed by atoms with Gasteiger partial charge in [0.25, 0.3) is 5.56 Å². The summed E-state index contributed by atoms with van der Waals surface area (Å²) in [5.74, 6) is 0.626. The molecule has 150 valence electrons. The van der Waals surface area contributed by atoms with Crippen molar-refractivity contribution in [2.75, 3.05) is 6.61 Å². The Labute approximate surface area is 171 Å². The van der Waals surface area contributed by atoms with Crippen LogP contribution in [0.1, 0.15) is 23.7 Å². The number of ether oxygens (including phenoxy) is 2. The van der Waals surface area contributed by atoms with Gasteiger partial charge in [-0.05, 0) is 55.9 Å². The number of hydrogen-bond acceptors (Lipinski definition) is 6. The SMILES string of the molecule is CCOc1cc(/C=N\n2c(=S)[nH]nc(C)c2=O)ccc1OCc1ccccc1F. The molecule has 0 aliphatic heterocycles. The van der Waals surface area contributed by atoms with Crippen LogP contribution in [0.4, 0.5) is 4.39 Å². The second-order valence-electron chi connectivity index (χ2n) is 5.99. The smallest absolute Gasteiger partial charge is 0.296 e. The summed E-state index contributed by atoms with van der Waals surface area (Å²) in [4.78, 5) is 12.1. The van der Waals surface area contributed by atoms with Crippen molar-refractivity contribution in [2.24, 2.45) is 5.10 Å². The van der Waals surface area contributed by atoms with Gasteiger partial charge in [-0.1, -0.05) is 18.2 Å². The van der Waals surface area contributed by atoms with Gasteiger partial charge in [-0.3, -0.25) is 9.89 Å². The van der Waals surface area contributed by atoms with Crippen LogP contribution in [-0.2, 0) is 6.61 Å². The molecule has 1 aromatic heterocycles. The van der Waals surface area contributed by atoms with Crippen molar-refractivity contribution in [1.82, 2.24) is 14.9 Å². The molecule has 0 spiro atoms. The van der Waals surface area contributed by atoms with Crippen molar-refractivity contribution in [2.45, 2.75) is 20.5 Å². The van der Waals surface area contributed by atoms with E-state index in [1.54, 1.807) is 43.3 Å². The Balaban J connectivity index is 1.84. The predicted octanol–water partition coefficient (Wildman–Crippen LogP) is 3.61. The molecule has 0 bridgehead atoms. The van der Waals surface area contributed by atoms with Gasteiger partial charge in [0.15, 0.2) is 11.5 Å². The zero-order valence-corrected chi connectivity index (χ0v) is 16.7. The number of H-pyrrole nitrogens is 1. The summed E-state index contributed by atoms with van der Waals surface area (Å²) < 4.78 is 26.3. The minimum Gasteiger partial charge on any atom is -0.490 e. The molecular formula is C20H19FN4O3S. The highest BCUT2D eigenvalue weighted by atomic mass is 32.1. The van der Waals surface area contributed by atoms with Crippen LogP contribution in [0.5, 0.6) is 11.5 Å². The summed E-state index contributed by atoms with van der Waals surface area (Å²) in [5.41, 5.74) is 0.965. The second-order valence-corrected chi connectivity index (χ2v) is 6.38. The van der Waals surface area contributed by atoms with E-state index in [1.807, 2.05) is 6.92 Å².